The normalized spacial score (nSPS) is 10.9. The van der Waals surface area contributed by atoms with Crippen molar-refractivity contribution in [2.45, 2.75) is 0 Å². The summed E-state index contributed by atoms with van der Waals surface area (Å²) < 4.78 is 5.23. The van der Waals surface area contributed by atoms with E-state index in [1.54, 1.807) is 24.4 Å². The summed E-state index contributed by atoms with van der Waals surface area (Å²) in [5.74, 6) is 1.85. The first-order valence-electron chi connectivity index (χ1n) is 10.4. The van der Waals surface area contributed by atoms with E-state index in [1.807, 2.05) is 18.2 Å². The maximum atomic E-state index is 12.4. The van der Waals surface area contributed by atoms with Gasteiger partial charge in [0, 0.05) is 6.20 Å². The molecule has 0 N–H and O–H groups in total. The summed E-state index contributed by atoms with van der Waals surface area (Å²) in [7, 11) is 0. The molecule has 0 radical (unpaired) electrons. The van der Waals surface area contributed by atoms with Gasteiger partial charge in [0.05, 0.1) is 11.3 Å². The van der Waals surface area contributed by atoms with Crippen LogP contribution in [-0.4, -0.2) is 23.4 Å². The number of carbonyl (C=O) groups excluding carboxylic acids is 1. The third-order valence-electron chi connectivity index (χ3n) is 5.17. The Morgan fingerprint density at radius 3 is 1.78 bits per heavy atom. The molecule has 4 heteroatoms. The number of ether oxygens (including phenoxy) is 1. The smallest absolute Gasteiger partial charge is 0.338 e. The van der Waals surface area contributed by atoms with Gasteiger partial charge in [-0.2, -0.15) is 0 Å². The number of hydrogen-bond donors (Lipinski definition) is 0. The molecule has 3 aromatic carbocycles. The Kier molecular flexibility index (Phi) is 6.79. The molecule has 0 fully saturated rings. The van der Waals surface area contributed by atoms with Crippen LogP contribution in [0.3, 0.4) is 0 Å². The zero-order chi connectivity index (χ0) is 22.2. The average Bonchev–Trinajstić information content (AvgIpc) is 2.87. The van der Waals surface area contributed by atoms with Crippen LogP contribution in [0.1, 0.15) is 16.1 Å². The van der Waals surface area contributed by atoms with Crippen LogP contribution in [0.5, 0.6) is 0 Å². The maximum Gasteiger partial charge on any atom is 0.338 e. The molecule has 4 rings (SSSR count). The highest BCUT2D eigenvalue weighted by Crippen LogP contribution is 2.44. The van der Waals surface area contributed by atoms with Crippen LogP contribution >= 0.6 is 6.89 Å². The fraction of sp³-hybridized carbons (Fsp3) is 0.0357. The summed E-state index contributed by atoms with van der Waals surface area (Å²) in [5.41, 5.74) is 1.21. The van der Waals surface area contributed by atoms with Crippen molar-refractivity contribution >= 4 is 34.6 Å². The summed E-state index contributed by atoms with van der Waals surface area (Å²) in [6, 6.07) is 35.0. The predicted octanol–water partition coefficient (Wildman–Crippen LogP) is 4.57. The van der Waals surface area contributed by atoms with E-state index in [2.05, 4.69) is 90.2 Å². The van der Waals surface area contributed by atoms with Gasteiger partial charge in [0.2, 0.25) is 0 Å². The molecular weight excluding hydrogens is 413 g/mol. The highest BCUT2D eigenvalue weighted by molar-refractivity contribution is 7.94. The van der Waals surface area contributed by atoms with Crippen molar-refractivity contribution in [1.82, 2.24) is 4.98 Å². The van der Waals surface area contributed by atoms with Crippen molar-refractivity contribution in [3.63, 3.8) is 0 Å². The van der Waals surface area contributed by atoms with E-state index in [9.17, 15) is 4.79 Å². The first-order valence-corrected chi connectivity index (χ1v) is 12.3. The van der Waals surface area contributed by atoms with Crippen molar-refractivity contribution in [2.24, 2.45) is 0 Å². The van der Waals surface area contributed by atoms with E-state index in [0.29, 0.717) is 5.56 Å². The lowest BCUT2D eigenvalue weighted by Gasteiger charge is -2.28. The first-order chi connectivity index (χ1) is 15.7. The molecule has 4 aromatic rings. The lowest BCUT2D eigenvalue weighted by atomic mass is 10.2. The molecule has 1 heterocycles. The van der Waals surface area contributed by atoms with Gasteiger partial charge in [-0.05, 0) is 40.7 Å². The molecule has 0 aliphatic heterocycles. The summed E-state index contributed by atoms with van der Waals surface area (Å²) >= 11 is 0. The number of rotatable bonds is 7. The van der Waals surface area contributed by atoms with E-state index < -0.39 is 6.89 Å². The van der Waals surface area contributed by atoms with Gasteiger partial charge in [-0.15, -0.1) is 0 Å². The number of hydrogen-bond acceptors (Lipinski definition) is 3. The van der Waals surface area contributed by atoms with E-state index in [0.717, 1.165) is 5.69 Å². The topological polar surface area (TPSA) is 39.2 Å². The molecule has 158 valence electrons. The van der Waals surface area contributed by atoms with E-state index in [4.69, 9.17) is 4.74 Å². The fourth-order valence-electron chi connectivity index (χ4n) is 3.72. The van der Waals surface area contributed by atoms with Crippen LogP contribution in [0.15, 0.2) is 122 Å². The Bertz CT molecular complexity index is 1150. The third-order valence-corrected chi connectivity index (χ3v) is 9.16. The molecule has 0 spiro atoms. The molecule has 1 aromatic heterocycles. The minimum Gasteiger partial charge on any atom is -0.458 e. The lowest BCUT2D eigenvalue weighted by molar-refractivity contribution is 0.0549. The number of carbonyl (C=O) groups is 1. The lowest BCUT2D eigenvalue weighted by Crippen LogP contribution is -2.27. The fourth-order valence-corrected chi connectivity index (χ4v) is 7.53. The molecule has 0 aliphatic rings. The van der Waals surface area contributed by atoms with Crippen LogP contribution in [0.4, 0.5) is 0 Å². The Balaban J connectivity index is 2.00. The van der Waals surface area contributed by atoms with Crippen molar-refractivity contribution < 1.29 is 9.53 Å². The van der Waals surface area contributed by atoms with Crippen molar-refractivity contribution in [3.8, 4) is 0 Å². The Labute approximate surface area is 189 Å². The molecule has 3 nitrogen and oxygen atoms in total. The zero-order valence-electron chi connectivity index (χ0n) is 17.7. The largest absolute Gasteiger partial charge is 0.458 e. The monoisotopic (exact) mass is 437 g/mol. The SMILES string of the molecule is C=CCOC(=O)c1ccnc(C=P(c2ccccc2)(c2ccccc2)c2ccccc2)c1. The van der Waals surface area contributed by atoms with Crippen molar-refractivity contribution in [3.05, 3.63) is 133 Å². The number of pyridine rings is 1. The van der Waals surface area contributed by atoms with Gasteiger partial charge in [0.15, 0.2) is 0 Å². The molecule has 0 saturated carbocycles. The number of aromatic nitrogens is 1. The molecule has 0 bridgehead atoms. The average molecular weight is 437 g/mol. The number of esters is 1. The van der Waals surface area contributed by atoms with Gasteiger partial charge in [0.1, 0.15) is 6.61 Å². The van der Waals surface area contributed by atoms with Gasteiger partial charge in [-0.25, -0.2) is 4.79 Å². The van der Waals surface area contributed by atoms with Crippen LogP contribution in [-0.2, 0) is 4.74 Å². The van der Waals surface area contributed by atoms with Crippen molar-refractivity contribution in [1.29, 1.82) is 0 Å². The van der Waals surface area contributed by atoms with Gasteiger partial charge in [-0.3, -0.25) is 4.98 Å². The second kappa shape index (κ2) is 10.1. The third kappa shape index (κ3) is 4.49. The standard InChI is InChI=1S/C28H24NO2P/c1-2-20-31-28(30)23-18-19-29-24(21-23)22-32(25-12-6-3-7-13-25,26-14-8-4-9-15-26)27-16-10-5-11-17-27/h2-19,21-22H,1,20H2. The molecule has 0 aliphatic carbocycles. The van der Waals surface area contributed by atoms with E-state index in [-0.39, 0.29) is 12.6 Å². The van der Waals surface area contributed by atoms with E-state index in [1.165, 1.54) is 15.9 Å². The molecule has 0 saturated heterocycles. The summed E-state index contributed by atoms with van der Waals surface area (Å²) in [6.45, 7) is 1.58. The second-order valence-electron chi connectivity index (χ2n) is 7.21. The van der Waals surface area contributed by atoms with Crippen LogP contribution in [0.2, 0.25) is 0 Å². The highest BCUT2D eigenvalue weighted by Gasteiger charge is 2.25. The molecule has 32 heavy (non-hydrogen) atoms. The van der Waals surface area contributed by atoms with Crippen LogP contribution < -0.4 is 15.9 Å². The zero-order valence-corrected chi connectivity index (χ0v) is 18.6. The van der Waals surface area contributed by atoms with Gasteiger partial charge >= 0.3 is 5.97 Å². The molecule has 0 atom stereocenters. The van der Waals surface area contributed by atoms with Gasteiger partial charge in [0.25, 0.3) is 0 Å². The summed E-state index contributed by atoms with van der Waals surface area (Å²) in [5, 5.41) is 3.66. The first kappa shape index (κ1) is 21.5. The van der Waals surface area contributed by atoms with Crippen LogP contribution in [0, 0.1) is 0 Å². The number of nitrogens with zero attached hydrogens (tertiary/aromatic N) is 1. The second-order valence-corrected chi connectivity index (χ2v) is 10.5. The Morgan fingerprint density at radius 2 is 1.31 bits per heavy atom. The predicted molar refractivity (Wildman–Crippen MR) is 135 cm³/mol. The van der Waals surface area contributed by atoms with E-state index >= 15 is 0 Å². The molecular formula is C28H24NO2P. The Morgan fingerprint density at radius 1 is 0.812 bits per heavy atom. The number of benzene rings is 3. The van der Waals surface area contributed by atoms with Gasteiger partial charge in [-0.1, -0.05) is 104 Å². The summed E-state index contributed by atoms with van der Waals surface area (Å²) in [6.07, 6.45) is 3.22. The Hall–Kier alpha value is -3.68. The molecule has 0 amide bonds. The van der Waals surface area contributed by atoms with Crippen molar-refractivity contribution in [2.75, 3.05) is 6.61 Å². The van der Waals surface area contributed by atoms with Crippen LogP contribution in [0.25, 0.3) is 0 Å². The quantitative estimate of drug-likeness (QED) is 0.242. The minimum atomic E-state index is -2.20. The summed E-state index contributed by atoms with van der Waals surface area (Å²) in [4.78, 5) is 17.0. The maximum absolute atomic E-state index is 12.4. The highest BCUT2D eigenvalue weighted by atomic mass is 31.2. The van der Waals surface area contributed by atoms with Gasteiger partial charge < -0.3 is 4.74 Å². The minimum absolute atomic E-state index is 0.176. The molecule has 0 unspecified atom stereocenters.